The molecule has 1 rings (SSSR count). The second-order valence-electron chi connectivity index (χ2n) is 2.88. The SMILES string of the molecule is CC(N)N1CC(OC(F)(F)F)C1. The van der Waals surface area contributed by atoms with E-state index in [-0.39, 0.29) is 19.3 Å². The summed E-state index contributed by atoms with van der Waals surface area (Å²) in [5.41, 5.74) is 5.41. The average molecular weight is 184 g/mol. The van der Waals surface area contributed by atoms with Crippen molar-refractivity contribution in [1.82, 2.24) is 4.90 Å². The van der Waals surface area contributed by atoms with Gasteiger partial charge >= 0.3 is 6.36 Å². The van der Waals surface area contributed by atoms with E-state index in [1.807, 2.05) is 0 Å². The zero-order chi connectivity index (χ0) is 9.35. The van der Waals surface area contributed by atoms with E-state index in [1.54, 1.807) is 11.8 Å². The Balaban J connectivity index is 2.18. The van der Waals surface area contributed by atoms with E-state index < -0.39 is 12.5 Å². The van der Waals surface area contributed by atoms with Crippen LogP contribution in [0.25, 0.3) is 0 Å². The summed E-state index contributed by atoms with van der Waals surface area (Å²) in [5.74, 6) is 0. The molecule has 1 fully saturated rings. The number of nitrogens with two attached hydrogens (primary N) is 1. The van der Waals surface area contributed by atoms with Gasteiger partial charge in [0.15, 0.2) is 0 Å². The Morgan fingerprint density at radius 2 is 2.00 bits per heavy atom. The fourth-order valence-electron chi connectivity index (χ4n) is 1.07. The van der Waals surface area contributed by atoms with Gasteiger partial charge in [0.25, 0.3) is 0 Å². The minimum absolute atomic E-state index is 0.196. The van der Waals surface area contributed by atoms with Crippen LogP contribution in [-0.2, 0) is 4.74 Å². The predicted octanol–water partition coefficient (Wildman–Crippen LogP) is 0.512. The van der Waals surface area contributed by atoms with Crippen molar-refractivity contribution in [2.45, 2.75) is 25.6 Å². The Hall–Kier alpha value is -0.330. The van der Waals surface area contributed by atoms with Crippen molar-refractivity contribution in [3.05, 3.63) is 0 Å². The summed E-state index contributed by atoms with van der Waals surface area (Å²) in [5, 5.41) is 0. The minimum Gasteiger partial charge on any atom is -0.316 e. The maximum atomic E-state index is 11.6. The standard InChI is InChI=1S/C6H11F3N2O/c1-4(10)11-2-5(3-11)12-6(7,8)9/h4-5H,2-3,10H2,1H3. The Morgan fingerprint density at radius 1 is 1.50 bits per heavy atom. The smallest absolute Gasteiger partial charge is 0.316 e. The normalized spacial score (nSPS) is 23.8. The van der Waals surface area contributed by atoms with Gasteiger partial charge in [-0.25, -0.2) is 0 Å². The molecule has 0 saturated carbocycles. The monoisotopic (exact) mass is 184 g/mol. The van der Waals surface area contributed by atoms with Crippen molar-refractivity contribution in [3.63, 3.8) is 0 Å². The number of halogens is 3. The van der Waals surface area contributed by atoms with E-state index >= 15 is 0 Å². The van der Waals surface area contributed by atoms with Crippen LogP contribution in [0.1, 0.15) is 6.92 Å². The van der Waals surface area contributed by atoms with Crippen LogP contribution < -0.4 is 5.73 Å². The van der Waals surface area contributed by atoms with Crippen LogP contribution in [-0.4, -0.2) is 36.6 Å². The molecule has 12 heavy (non-hydrogen) atoms. The maximum absolute atomic E-state index is 11.6. The summed E-state index contributed by atoms with van der Waals surface area (Å²) < 4.78 is 38.5. The van der Waals surface area contributed by atoms with E-state index in [4.69, 9.17) is 5.73 Å². The molecule has 0 spiro atoms. The van der Waals surface area contributed by atoms with Gasteiger partial charge in [0.05, 0.1) is 12.3 Å². The number of likely N-dealkylation sites (tertiary alicyclic amines) is 1. The van der Waals surface area contributed by atoms with E-state index in [1.165, 1.54) is 0 Å². The molecule has 0 radical (unpaired) electrons. The van der Waals surface area contributed by atoms with E-state index in [9.17, 15) is 13.2 Å². The molecule has 1 unspecified atom stereocenters. The number of hydrogen-bond acceptors (Lipinski definition) is 3. The zero-order valence-corrected chi connectivity index (χ0v) is 6.64. The second kappa shape index (κ2) is 3.20. The van der Waals surface area contributed by atoms with Crippen molar-refractivity contribution in [1.29, 1.82) is 0 Å². The molecule has 1 saturated heterocycles. The first kappa shape index (κ1) is 9.76. The van der Waals surface area contributed by atoms with Gasteiger partial charge in [-0.3, -0.25) is 9.64 Å². The first-order valence-electron chi connectivity index (χ1n) is 3.62. The highest BCUT2D eigenvalue weighted by molar-refractivity contribution is 4.82. The van der Waals surface area contributed by atoms with Gasteiger partial charge in [-0.15, -0.1) is 13.2 Å². The predicted molar refractivity (Wildman–Crippen MR) is 36.2 cm³/mol. The number of ether oxygens (including phenoxy) is 1. The summed E-state index contributed by atoms with van der Waals surface area (Å²) in [6.07, 6.45) is -5.46. The number of alkyl halides is 3. The highest BCUT2D eigenvalue weighted by atomic mass is 19.4. The first-order valence-corrected chi connectivity index (χ1v) is 3.62. The molecule has 1 aliphatic heterocycles. The van der Waals surface area contributed by atoms with E-state index in [2.05, 4.69) is 4.74 Å². The van der Waals surface area contributed by atoms with Gasteiger partial charge in [0.2, 0.25) is 0 Å². The lowest BCUT2D eigenvalue weighted by Crippen LogP contribution is -2.59. The molecule has 0 aromatic rings. The van der Waals surface area contributed by atoms with Crippen molar-refractivity contribution < 1.29 is 17.9 Å². The molecule has 1 aliphatic rings. The number of hydrogen-bond donors (Lipinski definition) is 1. The van der Waals surface area contributed by atoms with E-state index in [0.29, 0.717) is 0 Å². The lowest BCUT2D eigenvalue weighted by atomic mass is 10.1. The largest absolute Gasteiger partial charge is 0.522 e. The third-order valence-corrected chi connectivity index (χ3v) is 1.75. The van der Waals surface area contributed by atoms with Crippen LogP contribution in [0.2, 0.25) is 0 Å². The molecule has 3 nitrogen and oxygen atoms in total. The van der Waals surface area contributed by atoms with Crippen LogP contribution >= 0.6 is 0 Å². The molecule has 1 atom stereocenters. The molecule has 6 heteroatoms. The van der Waals surface area contributed by atoms with Gasteiger partial charge in [0, 0.05) is 13.1 Å². The van der Waals surface area contributed by atoms with Gasteiger partial charge < -0.3 is 5.73 Å². The van der Waals surface area contributed by atoms with Gasteiger partial charge in [-0.2, -0.15) is 0 Å². The Kier molecular flexibility index (Phi) is 2.60. The van der Waals surface area contributed by atoms with Crippen molar-refractivity contribution in [3.8, 4) is 0 Å². The lowest BCUT2D eigenvalue weighted by molar-refractivity contribution is -0.355. The summed E-state index contributed by atoms with van der Waals surface area (Å²) in [6, 6.07) is 0. The molecule has 1 heterocycles. The Morgan fingerprint density at radius 3 is 2.33 bits per heavy atom. The highest BCUT2D eigenvalue weighted by Gasteiger charge is 2.39. The van der Waals surface area contributed by atoms with Crippen molar-refractivity contribution in [2.24, 2.45) is 5.73 Å². The minimum atomic E-state index is -4.52. The van der Waals surface area contributed by atoms with Crippen LogP contribution in [0, 0.1) is 0 Å². The molecule has 0 aromatic carbocycles. The van der Waals surface area contributed by atoms with Crippen LogP contribution in [0.3, 0.4) is 0 Å². The fourth-order valence-corrected chi connectivity index (χ4v) is 1.07. The zero-order valence-electron chi connectivity index (χ0n) is 6.64. The van der Waals surface area contributed by atoms with Crippen LogP contribution in [0.4, 0.5) is 13.2 Å². The molecule has 0 aliphatic carbocycles. The molecular formula is C6H11F3N2O. The quantitative estimate of drug-likeness (QED) is 0.679. The maximum Gasteiger partial charge on any atom is 0.522 e. The molecule has 0 aromatic heterocycles. The van der Waals surface area contributed by atoms with Crippen molar-refractivity contribution >= 4 is 0 Å². The second-order valence-corrected chi connectivity index (χ2v) is 2.88. The van der Waals surface area contributed by atoms with Crippen LogP contribution in [0.15, 0.2) is 0 Å². The third-order valence-electron chi connectivity index (χ3n) is 1.75. The van der Waals surface area contributed by atoms with Crippen LogP contribution in [0.5, 0.6) is 0 Å². The average Bonchev–Trinajstić information content (AvgIpc) is 1.74. The summed E-state index contributed by atoms with van der Waals surface area (Å²) in [4.78, 5) is 1.70. The van der Waals surface area contributed by atoms with Gasteiger partial charge in [-0.1, -0.05) is 0 Å². The molecule has 0 bridgehead atoms. The molecule has 72 valence electrons. The summed E-state index contributed by atoms with van der Waals surface area (Å²) in [7, 11) is 0. The molecular weight excluding hydrogens is 173 g/mol. The third kappa shape index (κ3) is 2.62. The Bertz CT molecular complexity index is 153. The fraction of sp³-hybridized carbons (Fsp3) is 1.00. The molecule has 2 N–H and O–H groups in total. The Labute approximate surface area is 68.3 Å². The number of rotatable bonds is 2. The van der Waals surface area contributed by atoms with E-state index in [0.717, 1.165) is 0 Å². The molecule has 0 amide bonds. The summed E-state index contributed by atoms with van der Waals surface area (Å²) >= 11 is 0. The first-order chi connectivity index (χ1) is 5.38. The van der Waals surface area contributed by atoms with Gasteiger partial charge in [0.1, 0.15) is 0 Å². The van der Waals surface area contributed by atoms with Crippen molar-refractivity contribution in [2.75, 3.05) is 13.1 Å². The van der Waals surface area contributed by atoms with Gasteiger partial charge in [-0.05, 0) is 6.92 Å². The topological polar surface area (TPSA) is 38.5 Å². The lowest BCUT2D eigenvalue weighted by Gasteiger charge is -2.41. The summed E-state index contributed by atoms with van der Waals surface area (Å²) in [6.45, 7) is 2.25. The highest BCUT2D eigenvalue weighted by Crippen LogP contribution is 2.23. The number of nitrogens with zero attached hydrogens (tertiary/aromatic N) is 1.